The zero-order chi connectivity index (χ0) is 18.7. The van der Waals surface area contributed by atoms with Crippen LogP contribution in [0.15, 0.2) is 84.2 Å². The van der Waals surface area contributed by atoms with Crippen LogP contribution < -0.4 is 14.9 Å². The molecule has 0 aliphatic heterocycles. The number of ether oxygens (including phenoxy) is 2. The van der Waals surface area contributed by atoms with Gasteiger partial charge in [-0.25, -0.2) is 5.43 Å². The Morgan fingerprint density at radius 1 is 0.926 bits per heavy atom. The second-order valence-corrected chi connectivity index (χ2v) is 5.52. The van der Waals surface area contributed by atoms with E-state index in [0.29, 0.717) is 24.5 Å². The van der Waals surface area contributed by atoms with Crippen molar-refractivity contribution in [3.05, 3.63) is 90.3 Å². The molecular weight excluding hydrogens is 342 g/mol. The molecule has 0 fully saturated rings. The summed E-state index contributed by atoms with van der Waals surface area (Å²) in [6.07, 6.45) is 4.67. The Hall–Kier alpha value is -3.67. The first kappa shape index (κ1) is 18.1. The molecule has 1 amide bonds. The summed E-state index contributed by atoms with van der Waals surface area (Å²) in [5, 5.41) is 3.97. The van der Waals surface area contributed by atoms with Crippen molar-refractivity contribution < 1.29 is 14.3 Å². The highest BCUT2D eigenvalue weighted by Gasteiger charge is 2.02. The van der Waals surface area contributed by atoms with Gasteiger partial charge in [-0.1, -0.05) is 30.3 Å². The second-order valence-electron chi connectivity index (χ2n) is 5.52. The summed E-state index contributed by atoms with van der Waals surface area (Å²) in [6, 6.07) is 20.3. The molecule has 6 heteroatoms. The zero-order valence-corrected chi connectivity index (χ0v) is 14.6. The molecule has 1 aromatic heterocycles. The molecule has 0 aliphatic rings. The number of carbonyl (C=O) groups excluding carboxylic acids is 1. The normalized spacial score (nSPS) is 10.5. The fourth-order valence-electron chi connectivity index (χ4n) is 2.25. The van der Waals surface area contributed by atoms with Gasteiger partial charge in [0.2, 0.25) is 0 Å². The molecule has 0 unspecified atom stereocenters. The highest BCUT2D eigenvalue weighted by atomic mass is 16.5. The third-order valence-electron chi connectivity index (χ3n) is 3.54. The molecule has 1 heterocycles. The minimum absolute atomic E-state index is 0.292. The molecular formula is C21H19N3O3. The first-order chi connectivity index (χ1) is 13.3. The largest absolute Gasteiger partial charge is 0.490 e. The molecule has 1 N–H and O–H groups in total. The summed E-state index contributed by atoms with van der Waals surface area (Å²) in [5.41, 5.74) is 3.79. The highest BCUT2D eigenvalue weighted by Crippen LogP contribution is 2.13. The fraction of sp³-hybridized carbons (Fsp3) is 0.0952. The van der Waals surface area contributed by atoms with Gasteiger partial charge in [0.1, 0.15) is 24.7 Å². The van der Waals surface area contributed by atoms with Crippen molar-refractivity contribution in [1.82, 2.24) is 10.4 Å². The van der Waals surface area contributed by atoms with Gasteiger partial charge in [0, 0.05) is 18.0 Å². The van der Waals surface area contributed by atoms with Crippen LogP contribution in [0.2, 0.25) is 0 Å². The first-order valence-corrected chi connectivity index (χ1v) is 8.45. The molecule has 136 valence electrons. The number of aromatic nitrogens is 1. The molecule has 0 saturated carbocycles. The van der Waals surface area contributed by atoms with Crippen LogP contribution in [0, 0.1) is 0 Å². The van der Waals surface area contributed by atoms with E-state index < -0.39 is 0 Å². The average Bonchev–Trinajstić information content (AvgIpc) is 2.73. The van der Waals surface area contributed by atoms with Gasteiger partial charge in [0.05, 0.1) is 6.21 Å². The molecule has 0 atom stereocenters. The summed E-state index contributed by atoms with van der Waals surface area (Å²) >= 11 is 0. The lowest BCUT2D eigenvalue weighted by molar-refractivity contribution is 0.0955. The molecule has 0 radical (unpaired) electrons. The molecule has 0 saturated heterocycles. The topological polar surface area (TPSA) is 72.8 Å². The van der Waals surface area contributed by atoms with Crippen LogP contribution in [-0.2, 0) is 0 Å². The van der Waals surface area contributed by atoms with E-state index in [1.54, 1.807) is 30.7 Å². The number of hydrazone groups is 1. The number of hydrogen-bond acceptors (Lipinski definition) is 5. The number of hydrogen-bond donors (Lipinski definition) is 1. The van der Waals surface area contributed by atoms with Gasteiger partial charge < -0.3 is 9.47 Å². The monoisotopic (exact) mass is 361 g/mol. The maximum absolute atomic E-state index is 11.9. The first-order valence-electron chi connectivity index (χ1n) is 8.45. The van der Waals surface area contributed by atoms with E-state index in [1.807, 2.05) is 54.6 Å². The number of carbonyl (C=O) groups is 1. The van der Waals surface area contributed by atoms with Crippen LogP contribution >= 0.6 is 0 Å². The Labute approximate surface area is 157 Å². The summed E-state index contributed by atoms with van der Waals surface area (Å²) in [7, 11) is 0. The van der Waals surface area contributed by atoms with E-state index >= 15 is 0 Å². The van der Waals surface area contributed by atoms with E-state index in [1.165, 1.54) is 0 Å². The smallest absolute Gasteiger partial charge is 0.271 e. The van der Waals surface area contributed by atoms with Gasteiger partial charge in [0.25, 0.3) is 5.91 Å². The van der Waals surface area contributed by atoms with Crippen molar-refractivity contribution in [3.63, 3.8) is 0 Å². The van der Waals surface area contributed by atoms with Crippen molar-refractivity contribution >= 4 is 12.1 Å². The highest BCUT2D eigenvalue weighted by molar-refractivity contribution is 5.94. The minimum Gasteiger partial charge on any atom is -0.490 e. The minimum atomic E-state index is -0.292. The maximum atomic E-state index is 11.9. The van der Waals surface area contributed by atoms with Crippen molar-refractivity contribution in [2.24, 2.45) is 5.10 Å². The maximum Gasteiger partial charge on any atom is 0.271 e. The lowest BCUT2D eigenvalue weighted by Gasteiger charge is -2.08. The molecule has 2 aromatic carbocycles. The number of nitrogens with one attached hydrogen (secondary N) is 1. The fourth-order valence-corrected chi connectivity index (χ4v) is 2.25. The third kappa shape index (κ3) is 5.97. The van der Waals surface area contributed by atoms with Crippen LogP contribution in [0.4, 0.5) is 0 Å². The Morgan fingerprint density at radius 3 is 2.41 bits per heavy atom. The van der Waals surface area contributed by atoms with Crippen molar-refractivity contribution in [2.75, 3.05) is 13.2 Å². The summed E-state index contributed by atoms with van der Waals surface area (Å²) in [6.45, 7) is 0.874. The van der Waals surface area contributed by atoms with Gasteiger partial charge in [0.15, 0.2) is 0 Å². The van der Waals surface area contributed by atoms with E-state index in [-0.39, 0.29) is 5.91 Å². The summed E-state index contributed by atoms with van der Waals surface area (Å²) < 4.78 is 11.3. The summed E-state index contributed by atoms with van der Waals surface area (Å²) in [5.74, 6) is 1.22. The molecule has 3 rings (SSSR count). The van der Waals surface area contributed by atoms with Crippen molar-refractivity contribution in [1.29, 1.82) is 0 Å². The third-order valence-corrected chi connectivity index (χ3v) is 3.54. The zero-order valence-electron chi connectivity index (χ0n) is 14.6. The Balaban J connectivity index is 1.46. The Bertz CT molecular complexity index is 883. The SMILES string of the molecule is O=C(NN=Cc1cccc(OCCOc2ccccc2)c1)c1ccncc1. The predicted molar refractivity (Wildman–Crippen MR) is 103 cm³/mol. The number of nitrogens with zero attached hydrogens (tertiary/aromatic N) is 2. The van der Waals surface area contributed by atoms with Gasteiger partial charge in [-0.15, -0.1) is 0 Å². The van der Waals surface area contributed by atoms with E-state index in [4.69, 9.17) is 9.47 Å². The number of pyridine rings is 1. The second kappa shape index (κ2) is 9.72. The van der Waals surface area contributed by atoms with E-state index in [9.17, 15) is 4.79 Å². The van der Waals surface area contributed by atoms with Crippen LogP contribution in [0.25, 0.3) is 0 Å². The summed E-state index contributed by atoms with van der Waals surface area (Å²) in [4.78, 5) is 15.8. The van der Waals surface area contributed by atoms with Gasteiger partial charge in [-0.05, 0) is 42.0 Å². The average molecular weight is 361 g/mol. The van der Waals surface area contributed by atoms with Crippen molar-refractivity contribution in [3.8, 4) is 11.5 Å². The molecule has 27 heavy (non-hydrogen) atoms. The molecule has 6 nitrogen and oxygen atoms in total. The van der Waals surface area contributed by atoms with E-state index in [2.05, 4.69) is 15.5 Å². The lowest BCUT2D eigenvalue weighted by Crippen LogP contribution is -2.17. The standard InChI is InChI=1S/C21H19N3O3/c25-21(18-9-11-22-12-10-18)24-23-16-17-5-4-8-20(15-17)27-14-13-26-19-6-2-1-3-7-19/h1-12,15-16H,13-14H2,(H,24,25). The van der Waals surface area contributed by atoms with Gasteiger partial charge in [-0.2, -0.15) is 5.10 Å². The Morgan fingerprint density at radius 2 is 1.63 bits per heavy atom. The lowest BCUT2D eigenvalue weighted by atomic mass is 10.2. The van der Waals surface area contributed by atoms with Gasteiger partial charge >= 0.3 is 0 Å². The number of benzene rings is 2. The van der Waals surface area contributed by atoms with Crippen LogP contribution in [0.5, 0.6) is 11.5 Å². The van der Waals surface area contributed by atoms with Crippen LogP contribution in [0.3, 0.4) is 0 Å². The molecule has 3 aromatic rings. The van der Waals surface area contributed by atoms with Crippen LogP contribution in [0.1, 0.15) is 15.9 Å². The van der Waals surface area contributed by atoms with Crippen LogP contribution in [-0.4, -0.2) is 30.3 Å². The Kier molecular flexibility index (Phi) is 6.53. The number of rotatable bonds is 8. The predicted octanol–water partition coefficient (Wildman–Crippen LogP) is 3.30. The quantitative estimate of drug-likeness (QED) is 0.380. The van der Waals surface area contributed by atoms with Crippen molar-refractivity contribution in [2.45, 2.75) is 0 Å². The molecule has 0 spiro atoms. The number of amides is 1. The molecule has 0 aliphatic carbocycles. The molecule has 0 bridgehead atoms. The number of para-hydroxylation sites is 1. The van der Waals surface area contributed by atoms with Gasteiger partial charge in [-0.3, -0.25) is 9.78 Å². The van der Waals surface area contributed by atoms with E-state index in [0.717, 1.165) is 11.3 Å².